The highest BCUT2D eigenvalue weighted by Crippen LogP contribution is 2.28. The second-order valence-corrected chi connectivity index (χ2v) is 7.59. The summed E-state index contributed by atoms with van der Waals surface area (Å²) in [6, 6.07) is 5.47. The molecule has 2 aliphatic heterocycles. The lowest BCUT2D eigenvalue weighted by molar-refractivity contribution is -0.138. The summed E-state index contributed by atoms with van der Waals surface area (Å²) in [5.41, 5.74) is 0.664. The van der Waals surface area contributed by atoms with Crippen molar-refractivity contribution in [1.82, 2.24) is 19.8 Å². The van der Waals surface area contributed by atoms with E-state index in [-0.39, 0.29) is 23.3 Å². The average molecular weight is 370 g/mol. The molecule has 1 atom stereocenters. The van der Waals surface area contributed by atoms with Crippen molar-refractivity contribution in [2.45, 2.75) is 38.1 Å². The molecule has 1 amide bonds. The van der Waals surface area contributed by atoms with Crippen molar-refractivity contribution in [1.29, 1.82) is 0 Å². The molecule has 0 spiro atoms. The van der Waals surface area contributed by atoms with Crippen LogP contribution in [0, 0.1) is 5.92 Å². The lowest BCUT2D eigenvalue weighted by atomic mass is 9.91. The van der Waals surface area contributed by atoms with Gasteiger partial charge in [-0.3, -0.25) is 14.5 Å². The zero-order valence-electron chi connectivity index (χ0n) is 15.5. The van der Waals surface area contributed by atoms with E-state index in [1.54, 1.807) is 12.3 Å². The molecule has 7 heteroatoms. The number of nitrogens with zero attached hydrogens (tertiary/aromatic N) is 3. The van der Waals surface area contributed by atoms with Crippen LogP contribution in [0.3, 0.4) is 0 Å². The molecule has 2 fully saturated rings. The highest BCUT2D eigenvalue weighted by atomic mass is 16.3. The first-order chi connectivity index (χ1) is 13.2. The van der Waals surface area contributed by atoms with Crippen LogP contribution in [0.1, 0.15) is 43.1 Å². The predicted octanol–water partition coefficient (Wildman–Crippen LogP) is 1.98. The van der Waals surface area contributed by atoms with Gasteiger partial charge < -0.3 is 14.3 Å². The molecule has 2 saturated heterocycles. The third-order valence-electron chi connectivity index (χ3n) is 5.75. The number of furan rings is 1. The number of nitrogens with one attached hydrogen (secondary N) is 1. The molecule has 1 N–H and O–H groups in total. The SMILES string of the molecule is O=C(C1CCN(Cc2ccco2)CC1)N1CCC[C@H](c2cc(=O)[nH]cn2)C1. The first-order valence-electron chi connectivity index (χ1n) is 9.77. The van der Waals surface area contributed by atoms with Gasteiger partial charge in [-0.15, -0.1) is 0 Å². The maximum Gasteiger partial charge on any atom is 0.250 e. The number of likely N-dealkylation sites (tertiary alicyclic amines) is 2. The Morgan fingerprint density at radius 2 is 2.11 bits per heavy atom. The van der Waals surface area contributed by atoms with Crippen LogP contribution in [0.2, 0.25) is 0 Å². The minimum absolute atomic E-state index is 0.101. The van der Waals surface area contributed by atoms with Gasteiger partial charge in [-0.1, -0.05) is 0 Å². The number of piperidine rings is 2. The summed E-state index contributed by atoms with van der Waals surface area (Å²) in [5, 5.41) is 0. The van der Waals surface area contributed by atoms with E-state index < -0.39 is 0 Å². The quantitative estimate of drug-likeness (QED) is 0.890. The first kappa shape index (κ1) is 18.0. The van der Waals surface area contributed by atoms with Crippen molar-refractivity contribution in [3.05, 3.63) is 52.6 Å². The molecule has 27 heavy (non-hydrogen) atoms. The molecule has 0 unspecified atom stereocenters. The van der Waals surface area contributed by atoms with E-state index in [9.17, 15) is 9.59 Å². The predicted molar refractivity (Wildman–Crippen MR) is 100 cm³/mol. The fourth-order valence-electron chi connectivity index (χ4n) is 4.24. The minimum atomic E-state index is -0.132. The molecule has 4 heterocycles. The Balaban J connectivity index is 1.32. The Morgan fingerprint density at radius 1 is 1.26 bits per heavy atom. The third-order valence-corrected chi connectivity index (χ3v) is 5.75. The highest BCUT2D eigenvalue weighted by Gasteiger charge is 2.32. The van der Waals surface area contributed by atoms with Crippen LogP contribution in [0.25, 0.3) is 0 Å². The number of amides is 1. The number of carbonyl (C=O) groups excluding carboxylic acids is 1. The second kappa shape index (κ2) is 8.08. The molecule has 0 aliphatic carbocycles. The average Bonchev–Trinajstić information content (AvgIpc) is 3.21. The summed E-state index contributed by atoms with van der Waals surface area (Å²) in [4.78, 5) is 35.8. The van der Waals surface area contributed by atoms with Gasteiger partial charge >= 0.3 is 0 Å². The summed E-state index contributed by atoms with van der Waals surface area (Å²) >= 11 is 0. The molecule has 0 bridgehead atoms. The third kappa shape index (κ3) is 4.30. The summed E-state index contributed by atoms with van der Waals surface area (Å²) in [6.07, 6.45) is 6.87. The molecule has 7 nitrogen and oxygen atoms in total. The van der Waals surface area contributed by atoms with Gasteiger partial charge in [0.05, 0.1) is 24.8 Å². The molecular weight excluding hydrogens is 344 g/mol. The van der Waals surface area contributed by atoms with Gasteiger partial charge in [0.25, 0.3) is 5.56 Å². The second-order valence-electron chi connectivity index (χ2n) is 7.59. The van der Waals surface area contributed by atoms with Crippen LogP contribution in [0.15, 0.2) is 40.0 Å². The number of aromatic amines is 1. The Hall–Kier alpha value is -2.41. The molecule has 2 aromatic heterocycles. The largest absolute Gasteiger partial charge is 0.468 e. The fourth-order valence-corrected chi connectivity index (χ4v) is 4.24. The van der Waals surface area contributed by atoms with Crippen molar-refractivity contribution in [2.24, 2.45) is 5.92 Å². The van der Waals surface area contributed by atoms with E-state index in [0.717, 1.165) is 63.3 Å². The normalized spacial score (nSPS) is 22.1. The highest BCUT2D eigenvalue weighted by molar-refractivity contribution is 5.79. The number of carbonyl (C=O) groups is 1. The zero-order chi connectivity index (χ0) is 18.6. The van der Waals surface area contributed by atoms with Gasteiger partial charge in [0.2, 0.25) is 5.91 Å². The molecule has 2 aliphatic rings. The summed E-state index contributed by atoms with van der Waals surface area (Å²) in [5.74, 6) is 1.50. The Labute approximate surface area is 158 Å². The topological polar surface area (TPSA) is 82.4 Å². The van der Waals surface area contributed by atoms with E-state index in [1.165, 1.54) is 6.33 Å². The van der Waals surface area contributed by atoms with Crippen LogP contribution in [-0.4, -0.2) is 51.9 Å². The fraction of sp³-hybridized carbons (Fsp3) is 0.550. The van der Waals surface area contributed by atoms with Gasteiger partial charge in [0.15, 0.2) is 0 Å². The van der Waals surface area contributed by atoms with Crippen molar-refractivity contribution < 1.29 is 9.21 Å². The van der Waals surface area contributed by atoms with Gasteiger partial charge in [0, 0.05) is 31.0 Å². The van der Waals surface area contributed by atoms with E-state index in [4.69, 9.17) is 4.42 Å². The van der Waals surface area contributed by atoms with Crippen molar-refractivity contribution in [3.63, 3.8) is 0 Å². The van der Waals surface area contributed by atoms with E-state index in [1.807, 2.05) is 17.0 Å². The maximum absolute atomic E-state index is 13.0. The maximum atomic E-state index is 13.0. The Kier molecular flexibility index (Phi) is 5.38. The van der Waals surface area contributed by atoms with Gasteiger partial charge in [-0.05, 0) is 50.9 Å². The summed E-state index contributed by atoms with van der Waals surface area (Å²) in [7, 11) is 0. The molecule has 144 valence electrons. The molecular formula is C20H26N4O3. The zero-order valence-corrected chi connectivity index (χ0v) is 15.5. The number of H-pyrrole nitrogens is 1. The van der Waals surface area contributed by atoms with Gasteiger partial charge in [0.1, 0.15) is 5.76 Å². The molecule has 0 radical (unpaired) electrons. The van der Waals surface area contributed by atoms with Gasteiger partial charge in [-0.25, -0.2) is 4.98 Å². The molecule has 2 aromatic rings. The Bertz CT molecular complexity index is 809. The van der Waals surface area contributed by atoms with Crippen molar-refractivity contribution in [3.8, 4) is 0 Å². The monoisotopic (exact) mass is 370 g/mol. The summed E-state index contributed by atoms with van der Waals surface area (Å²) in [6.45, 7) is 4.13. The van der Waals surface area contributed by atoms with Gasteiger partial charge in [-0.2, -0.15) is 0 Å². The number of hydrogen-bond donors (Lipinski definition) is 1. The van der Waals surface area contributed by atoms with Crippen LogP contribution in [0.4, 0.5) is 0 Å². The van der Waals surface area contributed by atoms with Crippen molar-refractivity contribution >= 4 is 5.91 Å². The first-order valence-corrected chi connectivity index (χ1v) is 9.77. The molecule has 0 saturated carbocycles. The number of hydrogen-bond acceptors (Lipinski definition) is 5. The summed E-state index contributed by atoms with van der Waals surface area (Å²) < 4.78 is 5.42. The molecule has 0 aromatic carbocycles. The standard InChI is InChI=1S/C20H26N4O3/c25-19-11-18(21-14-22-19)16-3-1-7-24(12-16)20(26)15-5-8-23(9-6-15)13-17-4-2-10-27-17/h2,4,10-11,14-16H,1,3,5-9,12-13H2,(H,21,22,25)/t16-/m0/s1. The van der Waals surface area contributed by atoms with Crippen LogP contribution in [0.5, 0.6) is 0 Å². The van der Waals surface area contributed by atoms with Crippen LogP contribution in [-0.2, 0) is 11.3 Å². The van der Waals surface area contributed by atoms with E-state index >= 15 is 0 Å². The van der Waals surface area contributed by atoms with Crippen LogP contribution >= 0.6 is 0 Å². The van der Waals surface area contributed by atoms with E-state index in [2.05, 4.69) is 14.9 Å². The lowest BCUT2D eigenvalue weighted by Gasteiger charge is -2.37. The molecule has 4 rings (SSSR count). The smallest absolute Gasteiger partial charge is 0.250 e. The van der Waals surface area contributed by atoms with Crippen LogP contribution < -0.4 is 5.56 Å². The number of aromatic nitrogens is 2. The number of rotatable bonds is 4. The van der Waals surface area contributed by atoms with Crippen molar-refractivity contribution in [2.75, 3.05) is 26.2 Å². The van der Waals surface area contributed by atoms with E-state index in [0.29, 0.717) is 6.54 Å². The minimum Gasteiger partial charge on any atom is -0.468 e. The Morgan fingerprint density at radius 3 is 2.85 bits per heavy atom. The lowest BCUT2D eigenvalue weighted by Crippen LogP contribution is -2.45.